The van der Waals surface area contributed by atoms with Crippen LogP contribution in [0, 0.1) is 0 Å². The van der Waals surface area contributed by atoms with E-state index in [0.717, 1.165) is 0 Å². The van der Waals surface area contributed by atoms with Gasteiger partial charge in [0, 0.05) is 24.0 Å². The van der Waals surface area contributed by atoms with Crippen molar-refractivity contribution in [2.45, 2.75) is 0 Å². The number of fused-ring (bicyclic) bond motifs is 5. The van der Waals surface area contributed by atoms with Gasteiger partial charge in [0.1, 0.15) is 0 Å². The Hall–Kier alpha value is -2.22. The van der Waals surface area contributed by atoms with E-state index in [2.05, 4.69) is 69.9 Å². The average molecular weight is 206 g/mol. The summed E-state index contributed by atoms with van der Waals surface area (Å²) < 4.78 is 4.39. The van der Waals surface area contributed by atoms with Crippen LogP contribution in [0.3, 0.4) is 0 Å². The van der Waals surface area contributed by atoms with E-state index in [0.29, 0.717) is 0 Å². The lowest BCUT2D eigenvalue weighted by Gasteiger charge is -1.99. The maximum absolute atomic E-state index is 2.24. The quantitative estimate of drug-likeness (QED) is 0.417. The van der Waals surface area contributed by atoms with Crippen molar-refractivity contribution in [3.63, 3.8) is 0 Å². The zero-order chi connectivity index (χ0) is 10.5. The molecule has 0 N–H and O–H groups in total. The number of nitrogens with zero attached hydrogens (tertiary/aromatic N) is 2. The molecule has 0 saturated carbocycles. The van der Waals surface area contributed by atoms with Gasteiger partial charge in [0.15, 0.2) is 0 Å². The van der Waals surface area contributed by atoms with E-state index >= 15 is 0 Å². The summed E-state index contributed by atoms with van der Waals surface area (Å²) in [6.07, 6.45) is 6.28. The molecule has 0 radical (unpaired) electrons. The molecule has 0 atom stereocenters. The van der Waals surface area contributed by atoms with Crippen molar-refractivity contribution in [1.29, 1.82) is 0 Å². The molecule has 3 aromatic heterocycles. The van der Waals surface area contributed by atoms with Crippen LogP contribution in [0.15, 0.2) is 61.1 Å². The van der Waals surface area contributed by atoms with Crippen molar-refractivity contribution in [1.82, 2.24) is 8.80 Å². The lowest BCUT2D eigenvalue weighted by Crippen LogP contribution is -1.88. The summed E-state index contributed by atoms with van der Waals surface area (Å²) in [5.74, 6) is 0. The second-order valence-electron chi connectivity index (χ2n) is 4.06. The van der Waals surface area contributed by atoms with Crippen molar-refractivity contribution >= 4 is 21.9 Å². The van der Waals surface area contributed by atoms with Crippen LogP contribution >= 0.6 is 0 Å². The lowest BCUT2D eigenvalue weighted by molar-refractivity contribution is 1.13. The largest absolute Gasteiger partial charge is 0.320 e. The first-order chi connectivity index (χ1) is 7.93. The zero-order valence-electron chi connectivity index (χ0n) is 8.67. The number of hydrogen-bond donors (Lipinski definition) is 0. The molecule has 0 saturated heterocycles. The molecule has 4 rings (SSSR count). The van der Waals surface area contributed by atoms with Gasteiger partial charge in [0.05, 0.1) is 16.6 Å². The number of para-hydroxylation sites is 1. The van der Waals surface area contributed by atoms with Crippen LogP contribution in [0.4, 0.5) is 0 Å². The summed E-state index contributed by atoms with van der Waals surface area (Å²) in [7, 11) is 0. The van der Waals surface area contributed by atoms with Crippen molar-refractivity contribution in [2.75, 3.05) is 0 Å². The Labute approximate surface area is 92.3 Å². The number of rotatable bonds is 0. The van der Waals surface area contributed by atoms with Gasteiger partial charge in [-0.3, -0.25) is 0 Å². The van der Waals surface area contributed by atoms with Gasteiger partial charge in [0.25, 0.3) is 0 Å². The molecule has 1 aromatic carbocycles. The summed E-state index contributed by atoms with van der Waals surface area (Å²) in [4.78, 5) is 0. The van der Waals surface area contributed by atoms with Gasteiger partial charge in [-0.25, -0.2) is 0 Å². The fraction of sp³-hybridized carbons (Fsp3) is 0. The minimum atomic E-state index is 1.25. The molecule has 76 valence electrons. The Morgan fingerprint density at radius 3 is 2.56 bits per heavy atom. The molecule has 16 heavy (non-hydrogen) atoms. The number of aromatic nitrogens is 2. The van der Waals surface area contributed by atoms with Crippen LogP contribution in [0.25, 0.3) is 21.9 Å². The van der Waals surface area contributed by atoms with Gasteiger partial charge in [-0.15, -0.1) is 0 Å². The summed E-state index contributed by atoms with van der Waals surface area (Å²) in [5, 5.41) is 1.29. The highest BCUT2D eigenvalue weighted by molar-refractivity contribution is 5.93. The van der Waals surface area contributed by atoms with Crippen molar-refractivity contribution in [2.24, 2.45) is 0 Å². The molecule has 0 aliphatic carbocycles. The van der Waals surface area contributed by atoms with E-state index in [1.54, 1.807) is 0 Å². The second kappa shape index (κ2) is 2.67. The summed E-state index contributed by atoms with van der Waals surface area (Å²) in [6.45, 7) is 0. The highest BCUT2D eigenvalue weighted by atomic mass is 15.0. The Morgan fingerprint density at radius 2 is 1.56 bits per heavy atom. The van der Waals surface area contributed by atoms with Gasteiger partial charge in [-0.2, -0.15) is 0 Å². The highest BCUT2D eigenvalue weighted by Gasteiger charge is 2.04. The average Bonchev–Trinajstić information content (AvgIpc) is 2.92. The summed E-state index contributed by atoms with van der Waals surface area (Å²) >= 11 is 0. The highest BCUT2D eigenvalue weighted by Crippen LogP contribution is 2.23. The Balaban J connectivity index is 2.38. The van der Waals surface area contributed by atoms with Crippen molar-refractivity contribution < 1.29 is 0 Å². The van der Waals surface area contributed by atoms with E-state index < -0.39 is 0 Å². The summed E-state index contributed by atoms with van der Waals surface area (Å²) in [6, 6.07) is 14.9. The Kier molecular flexibility index (Phi) is 1.33. The van der Waals surface area contributed by atoms with Crippen LogP contribution in [-0.4, -0.2) is 8.80 Å². The van der Waals surface area contributed by atoms with E-state index in [1.807, 2.05) is 0 Å². The maximum atomic E-state index is 2.24. The molecule has 0 aliphatic heterocycles. The fourth-order valence-electron chi connectivity index (χ4n) is 2.41. The lowest BCUT2D eigenvalue weighted by atomic mass is 10.2. The monoisotopic (exact) mass is 206 g/mol. The van der Waals surface area contributed by atoms with Crippen molar-refractivity contribution in [3.05, 3.63) is 61.1 Å². The zero-order valence-corrected chi connectivity index (χ0v) is 8.67. The van der Waals surface area contributed by atoms with E-state index in [4.69, 9.17) is 0 Å². The van der Waals surface area contributed by atoms with E-state index in [-0.39, 0.29) is 0 Å². The van der Waals surface area contributed by atoms with Crippen molar-refractivity contribution in [3.8, 4) is 0 Å². The Morgan fingerprint density at radius 1 is 0.688 bits per heavy atom. The third kappa shape index (κ3) is 0.865. The van der Waals surface area contributed by atoms with Crippen LogP contribution < -0.4 is 0 Å². The first-order valence-corrected chi connectivity index (χ1v) is 5.39. The first kappa shape index (κ1) is 7.99. The molecule has 3 heterocycles. The molecule has 0 bridgehead atoms. The number of benzene rings is 1. The van der Waals surface area contributed by atoms with Gasteiger partial charge < -0.3 is 8.80 Å². The molecule has 0 fully saturated rings. The first-order valence-electron chi connectivity index (χ1n) is 5.39. The summed E-state index contributed by atoms with van der Waals surface area (Å²) in [5.41, 5.74) is 3.77. The van der Waals surface area contributed by atoms with Crippen LogP contribution in [0.2, 0.25) is 0 Å². The number of hydrogen-bond acceptors (Lipinski definition) is 0. The minimum Gasteiger partial charge on any atom is -0.320 e. The Bertz CT molecular complexity index is 805. The standard InChI is InChI=1S/C14H10N2/c1-2-5-12-11(4-1)10-14-13-6-3-7-15(13)8-9-16(12)14/h1-10H. The molecule has 4 aromatic rings. The molecule has 2 nitrogen and oxygen atoms in total. The molecular formula is C14H10N2. The molecule has 0 spiro atoms. The predicted molar refractivity (Wildman–Crippen MR) is 65.9 cm³/mol. The smallest absolute Gasteiger partial charge is 0.0704 e. The molecular weight excluding hydrogens is 196 g/mol. The van der Waals surface area contributed by atoms with Crippen LogP contribution in [0.5, 0.6) is 0 Å². The maximum Gasteiger partial charge on any atom is 0.0704 e. The normalized spacial score (nSPS) is 11.8. The minimum absolute atomic E-state index is 1.25. The van der Waals surface area contributed by atoms with Gasteiger partial charge in [0.2, 0.25) is 0 Å². The topological polar surface area (TPSA) is 8.82 Å². The third-order valence-electron chi connectivity index (χ3n) is 3.17. The van der Waals surface area contributed by atoms with Crippen LogP contribution in [0.1, 0.15) is 0 Å². The second-order valence-corrected chi connectivity index (χ2v) is 4.06. The van der Waals surface area contributed by atoms with Crippen LogP contribution in [-0.2, 0) is 0 Å². The molecule has 2 heteroatoms. The predicted octanol–water partition coefficient (Wildman–Crippen LogP) is 3.35. The molecule has 0 unspecified atom stereocenters. The SMILES string of the molecule is c1ccc2c(c1)cc1c3cccn3ccn21. The molecule has 0 amide bonds. The molecule has 0 aliphatic rings. The van der Waals surface area contributed by atoms with E-state index in [9.17, 15) is 0 Å². The third-order valence-corrected chi connectivity index (χ3v) is 3.17. The van der Waals surface area contributed by atoms with Gasteiger partial charge >= 0.3 is 0 Å². The van der Waals surface area contributed by atoms with Gasteiger partial charge in [-0.05, 0) is 24.3 Å². The van der Waals surface area contributed by atoms with E-state index in [1.165, 1.54) is 21.9 Å². The fourth-order valence-corrected chi connectivity index (χ4v) is 2.41. The van der Waals surface area contributed by atoms with Gasteiger partial charge in [-0.1, -0.05) is 18.2 Å².